The molecule has 10 heteroatoms. The molecule has 0 bridgehead atoms. The number of carbonyl (C=O) groups is 5. The first-order valence-electron chi connectivity index (χ1n) is 9.27. The molecule has 0 aromatic heterocycles. The minimum atomic E-state index is -1.41. The first-order valence-corrected chi connectivity index (χ1v) is 9.27. The normalized spacial score (nSPS) is 18.3. The molecule has 0 radical (unpaired) electrons. The molecule has 6 amide bonds. The summed E-state index contributed by atoms with van der Waals surface area (Å²) in [7, 11) is 1.34. The maximum atomic E-state index is 12.7. The van der Waals surface area contributed by atoms with E-state index in [0.717, 1.165) is 17.7 Å². The van der Waals surface area contributed by atoms with Gasteiger partial charge in [0.05, 0.1) is 0 Å². The Morgan fingerprint density at radius 1 is 1.17 bits per heavy atom. The van der Waals surface area contributed by atoms with Crippen molar-refractivity contribution in [2.45, 2.75) is 37.3 Å². The predicted molar refractivity (Wildman–Crippen MR) is 99.3 cm³/mol. The molecule has 1 aliphatic carbocycles. The molecule has 1 aromatic carbocycles. The number of urea groups is 2. The average molecular weight is 402 g/mol. The predicted octanol–water partition coefficient (Wildman–Crippen LogP) is 0.591. The molecule has 3 N–H and O–H groups in total. The van der Waals surface area contributed by atoms with Gasteiger partial charge in [-0.25, -0.2) is 9.59 Å². The van der Waals surface area contributed by atoms with Crippen LogP contribution in [0.2, 0.25) is 0 Å². The molecule has 154 valence electrons. The highest BCUT2D eigenvalue weighted by atomic mass is 16.5. The highest BCUT2D eigenvalue weighted by Gasteiger charge is 2.53. The molecule has 2 aliphatic rings. The van der Waals surface area contributed by atoms with E-state index in [1.807, 2.05) is 0 Å². The lowest BCUT2D eigenvalue weighted by molar-refractivity contribution is -0.157. The zero-order chi connectivity index (χ0) is 21.0. The molecule has 1 saturated carbocycles. The van der Waals surface area contributed by atoms with Gasteiger partial charge in [-0.3, -0.25) is 24.6 Å². The zero-order valence-corrected chi connectivity index (χ0v) is 15.9. The summed E-state index contributed by atoms with van der Waals surface area (Å²) in [6, 6.07) is 6.71. The quantitative estimate of drug-likeness (QED) is 0.488. The average Bonchev–Trinajstić information content (AvgIpc) is 3.27. The molecule has 3 rings (SSSR count). The van der Waals surface area contributed by atoms with Crippen LogP contribution < -0.4 is 16.0 Å². The fourth-order valence-electron chi connectivity index (χ4n) is 3.58. The van der Waals surface area contributed by atoms with Gasteiger partial charge in [0.2, 0.25) is 6.10 Å². The Kier molecular flexibility index (Phi) is 5.81. The van der Waals surface area contributed by atoms with Gasteiger partial charge >= 0.3 is 18.0 Å². The second kappa shape index (κ2) is 8.29. The lowest BCUT2D eigenvalue weighted by Gasteiger charge is -2.21. The SMILES string of the molecule is CNC(=O)NC(=O)[C@H](OC(=O)CN1C(=O)NC2(CCCC2)C1=O)c1ccccc1. The minimum Gasteiger partial charge on any atom is -0.446 e. The van der Waals surface area contributed by atoms with Crippen molar-refractivity contribution in [1.82, 2.24) is 20.9 Å². The monoisotopic (exact) mass is 402 g/mol. The number of nitrogens with one attached hydrogen (secondary N) is 3. The summed E-state index contributed by atoms with van der Waals surface area (Å²) in [4.78, 5) is 62.0. The lowest BCUT2D eigenvalue weighted by Crippen LogP contribution is -2.45. The van der Waals surface area contributed by atoms with E-state index in [4.69, 9.17) is 4.74 Å². The van der Waals surface area contributed by atoms with Gasteiger partial charge in [-0.05, 0) is 12.8 Å². The van der Waals surface area contributed by atoms with Crippen molar-refractivity contribution in [3.05, 3.63) is 35.9 Å². The van der Waals surface area contributed by atoms with E-state index >= 15 is 0 Å². The summed E-state index contributed by atoms with van der Waals surface area (Å²) in [5.74, 6) is -2.25. The van der Waals surface area contributed by atoms with E-state index < -0.39 is 48.0 Å². The van der Waals surface area contributed by atoms with Crippen molar-refractivity contribution in [1.29, 1.82) is 0 Å². The van der Waals surface area contributed by atoms with Crippen LogP contribution in [-0.2, 0) is 19.1 Å². The zero-order valence-electron chi connectivity index (χ0n) is 15.9. The molecule has 1 saturated heterocycles. The fraction of sp³-hybridized carbons (Fsp3) is 0.421. The van der Waals surface area contributed by atoms with Crippen molar-refractivity contribution in [3.63, 3.8) is 0 Å². The number of hydrogen-bond acceptors (Lipinski definition) is 6. The van der Waals surface area contributed by atoms with E-state index in [0.29, 0.717) is 18.4 Å². The van der Waals surface area contributed by atoms with Crippen molar-refractivity contribution in [2.75, 3.05) is 13.6 Å². The number of benzene rings is 1. The molecule has 1 atom stereocenters. The fourth-order valence-corrected chi connectivity index (χ4v) is 3.58. The third-order valence-corrected chi connectivity index (χ3v) is 5.04. The van der Waals surface area contributed by atoms with Crippen LogP contribution in [-0.4, -0.2) is 53.9 Å². The summed E-state index contributed by atoms with van der Waals surface area (Å²) in [6.07, 6.45) is 1.29. The van der Waals surface area contributed by atoms with Crippen LogP contribution in [0, 0.1) is 0 Å². The van der Waals surface area contributed by atoms with Crippen molar-refractivity contribution in [3.8, 4) is 0 Å². The molecule has 29 heavy (non-hydrogen) atoms. The molecular formula is C19H22N4O6. The molecule has 1 spiro atoms. The second-order valence-corrected chi connectivity index (χ2v) is 6.96. The van der Waals surface area contributed by atoms with Gasteiger partial charge in [0.1, 0.15) is 12.1 Å². The summed E-state index contributed by atoms with van der Waals surface area (Å²) in [6.45, 7) is -0.622. The highest BCUT2D eigenvalue weighted by molar-refractivity contribution is 6.09. The van der Waals surface area contributed by atoms with E-state index in [2.05, 4.69) is 16.0 Å². The van der Waals surface area contributed by atoms with Gasteiger partial charge < -0.3 is 15.4 Å². The first kappa shape index (κ1) is 20.3. The van der Waals surface area contributed by atoms with E-state index in [-0.39, 0.29) is 0 Å². The van der Waals surface area contributed by atoms with Gasteiger partial charge in [0.15, 0.2) is 0 Å². The van der Waals surface area contributed by atoms with Crippen LogP contribution >= 0.6 is 0 Å². The van der Waals surface area contributed by atoms with Crippen LogP contribution in [0.4, 0.5) is 9.59 Å². The summed E-state index contributed by atoms with van der Waals surface area (Å²) < 4.78 is 5.25. The molecule has 2 fully saturated rings. The first-order chi connectivity index (χ1) is 13.9. The van der Waals surface area contributed by atoms with E-state index in [9.17, 15) is 24.0 Å². The van der Waals surface area contributed by atoms with E-state index in [1.165, 1.54) is 7.05 Å². The number of carbonyl (C=O) groups excluding carboxylic acids is 5. The number of imide groups is 2. The van der Waals surface area contributed by atoms with Gasteiger partial charge in [-0.15, -0.1) is 0 Å². The van der Waals surface area contributed by atoms with Crippen molar-refractivity contribution < 1.29 is 28.7 Å². The Labute approximate surface area is 166 Å². The lowest BCUT2D eigenvalue weighted by atomic mass is 9.98. The van der Waals surface area contributed by atoms with E-state index in [1.54, 1.807) is 30.3 Å². The summed E-state index contributed by atoms with van der Waals surface area (Å²) >= 11 is 0. The van der Waals surface area contributed by atoms with Gasteiger partial charge in [0, 0.05) is 12.6 Å². The summed E-state index contributed by atoms with van der Waals surface area (Å²) in [5, 5.41) is 6.97. The van der Waals surface area contributed by atoms with Gasteiger partial charge in [-0.1, -0.05) is 43.2 Å². The van der Waals surface area contributed by atoms with Crippen LogP contribution in [0.5, 0.6) is 0 Å². The number of ether oxygens (including phenoxy) is 1. The van der Waals surface area contributed by atoms with Crippen LogP contribution in [0.1, 0.15) is 37.4 Å². The number of rotatable bonds is 5. The molecular weight excluding hydrogens is 380 g/mol. The molecule has 0 unspecified atom stereocenters. The number of esters is 1. The molecule has 1 aliphatic heterocycles. The van der Waals surface area contributed by atoms with Crippen LogP contribution in [0.25, 0.3) is 0 Å². The Balaban J connectivity index is 1.71. The number of nitrogens with zero attached hydrogens (tertiary/aromatic N) is 1. The molecule has 10 nitrogen and oxygen atoms in total. The minimum absolute atomic E-state index is 0.340. The van der Waals surface area contributed by atoms with Crippen molar-refractivity contribution in [2.24, 2.45) is 0 Å². The summed E-state index contributed by atoms with van der Waals surface area (Å²) in [5.41, 5.74) is -0.598. The Morgan fingerprint density at radius 3 is 2.45 bits per heavy atom. The largest absolute Gasteiger partial charge is 0.446 e. The Morgan fingerprint density at radius 2 is 1.83 bits per heavy atom. The van der Waals surface area contributed by atoms with Crippen LogP contribution in [0.3, 0.4) is 0 Å². The van der Waals surface area contributed by atoms with Crippen molar-refractivity contribution >= 4 is 29.8 Å². The Bertz CT molecular complexity index is 834. The molecule has 1 heterocycles. The van der Waals surface area contributed by atoms with Gasteiger partial charge in [0.25, 0.3) is 11.8 Å². The number of hydrogen-bond donors (Lipinski definition) is 3. The third-order valence-electron chi connectivity index (χ3n) is 5.04. The second-order valence-electron chi connectivity index (χ2n) is 6.96. The highest BCUT2D eigenvalue weighted by Crippen LogP contribution is 2.35. The maximum Gasteiger partial charge on any atom is 0.327 e. The standard InChI is InChI=1S/C19H22N4O6/c1-20-17(27)21-15(25)14(12-7-3-2-4-8-12)29-13(24)11-23-16(26)19(22-18(23)28)9-5-6-10-19/h2-4,7-8,14H,5-6,9-11H2,1H3,(H,22,28)(H2,20,21,25,27)/t14-/m1/s1. The van der Waals surface area contributed by atoms with Gasteiger partial charge in [-0.2, -0.15) is 0 Å². The molecule has 1 aromatic rings. The van der Waals surface area contributed by atoms with Crippen LogP contribution in [0.15, 0.2) is 30.3 Å². The Hall–Kier alpha value is -3.43. The number of amides is 6. The smallest absolute Gasteiger partial charge is 0.327 e. The maximum absolute atomic E-state index is 12.7. The topological polar surface area (TPSA) is 134 Å². The third kappa shape index (κ3) is 4.20.